The van der Waals surface area contributed by atoms with E-state index in [1.54, 1.807) is 11.9 Å². The fourth-order valence-corrected chi connectivity index (χ4v) is 5.15. The monoisotopic (exact) mass is 516 g/mol. The number of fused-ring (bicyclic) bond motifs is 1. The second-order valence-corrected chi connectivity index (χ2v) is 9.23. The molecule has 8 nitrogen and oxygen atoms in total. The van der Waals surface area contributed by atoms with E-state index in [2.05, 4.69) is 74.0 Å². The highest BCUT2D eigenvalue weighted by Crippen LogP contribution is 2.31. The Balaban J connectivity index is 0.00000222. The molecule has 9 heteroatoms. The highest BCUT2D eigenvalue weighted by molar-refractivity contribution is 7.96. The highest BCUT2D eigenvalue weighted by Gasteiger charge is 2.28. The molecule has 1 aliphatic heterocycles. The molecule has 2 aromatic carbocycles. The number of ether oxygens (including phenoxy) is 1. The Morgan fingerprint density at radius 1 is 1.03 bits per heavy atom. The van der Waals surface area contributed by atoms with Gasteiger partial charge in [-0.1, -0.05) is 68.3 Å². The van der Waals surface area contributed by atoms with Gasteiger partial charge >= 0.3 is 5.97 Å². The fraction of sp³-hybridized carbons (Fsp3) is 0.519. The molecule has 1 atom stereocenters. The number of carbonyl (C=O) groups excluding carboxylic acids is 3. The lowest BCUT2D eigenvalue weighted by Crippen LogP contribution is -2.47. The van der Waals surface area contributed by atoms with Crippen molar-refractivity contribution in [2.24, 2.45) is 0 Å². The first-order valence-corrected chi connectivity index (χ1v) is 13.7. The van der Waals surface area contributed by atoms with E-state index in [4.69, 9.17) is 0 Å². The number of carbonyl (C=O) groups is 3. The van der Waals surface area contributed by atoms with Gasteiger partial charge in [0.1, 0.15) is 6.54 Å². The van der Waals surface area contributed by atoms with Gasteiger partial charge in [-0.3, -0.25) is 19.3 Å². The van der Waals surface area contributed by atoms with Crippen LogP contribution in [0.15, 0.2) is 42.5 Å². The highest BCUT2D eigenvalue weighted by atomic mass is 32.2. The summed E-state index contributed by atoms with van der Waals surface area (Å²) in [5.74, 6) is -1.17. The van der Waals surface area contributed by atoms with Crippen molar-refractivity contribution in [3.8, 4) is 0 Å². The third kappa shape index (κ3) is 8.50. The van der Waals surface area contributed by atoms with Crippen LogP contribution < -0.4 is 10.6 Å². The second kappa shape index (κ2) is 15.5. The van der Waals surface area contributed by atoms with Gasteiger partial charge in [-0.2, -0.15) is 0 Å². The number of esters is 1. The van der Waals surface area contributed by atoms with E-state index in [1.807, 2.05) is 20.1 Å². The zero-order valence-corrected chi connectivity index (χ0v) is 22.9. The number of likely N-dealkylation sites (tertiary alicyclic amines) is 1. The minimum atomic E-state index is -0.533. The van der Waals surface area contributed by atoms with Crippen molar-refractivity contribution in [1.82, 2.24) is 19.8 Å². The predicted molar refractivity (Wildman–Crippen MR) is 147 cm³/mol. The summed E-state index contributed by atoms with van der Waals surface area (Å²) in [6.45, 7) is 8.03. The molecule has 0 spiro atoms. The molecule has 36 heavy (non-hydrogen) atoms. The number of nitrogens with one attached hydrogen (secondary N) is 2. The molecule has 0 radical (unpaired) electrons. The molecule has 0 saturated carbocycles. The van der Waals surface area contributed by atoms with Crippen molar-refractivity contribution < 1.29 is 19.1 Å². The van der Waals surface area contributed by atoms with E-state index < -0.39 is 11.9 Å². The number of hydrogen-bond donors (Lipinski definition) is 2. The van der Waals surface area contributed by atoms with Crippen LogP contribution >= 0.6 is 11.9 Å². The maximum Gasteiger partial charge on any atom is 0.325 e. The average molecular weight is 517 g/mol. The van der Waals surface area contributed by atoms with Crippen molar-refractivity contribution >= 4 is 40.5 Å². The first-order valence-electron chi connectivity index (χ1n) is 12.6. The van der Waals surface area contributed by atoms with E-state index >= 15 is 0 Å². The topological polar surface area (TPSA) is 91.0 Å². The molecule has 1 aliphatic rings. The van der Waals surface area contributed by atoms with Crippen LogP contribution in [0.2, 0.25) is 0 Å². The van der Waals surface area contributed by atoms with Gasteiger partial charge in [0.25, 0.3) is 0 Å². The molecule has 1 heterocycles. The zero-order chi connectivity index (χ0) is 26.5. The smallest absolute Gasteiger partial charge is 0.325 e. The summed E-state index contributed by atoms with van der Waals surface area (Å²) >= 11 is 1.56. The predicted octanol–water partition coefficient (Wildman–Crippen LogP) is 3.38. The molecule has 0 aliphatic carbocycles. The van der Waals surface area contributed by atoms with Crippen LogP contribution in [0, 0.1) is 0 Å². The fourth-order valence-electron chi connectivity index (χ4n) is 4.40. The maximum absolute atomic E-state index is 12.4. The number of nitrogens with zero attached hydrogens (tertiary/aromatic N) is 2. The summed E-state index contributed by atoms with van der Waals surface area (Å²) in [6.07, 6.45) is 3.92. The Kier molecular flexibility index (Phi) is 12.7. The molecule has 2 amide bonds. The van der Waals surface area contributed by atoms with E-state index in [-0.39, 0.29) is 25.5 Å². The van der Waals surface area contributed by atoms with Crippen LogP contribution in [0.1, 0.15) is 45.2 Å². The number of benzene rings is 2. The molecule has 1 saturated heterocycles. The van der Waals surface area contributed by atoms with Crippen LogP contribution in [0.25, 0.3) is 10.8 Å². The number of hydrogen-bond acceptors (Lipinski definition) is 7. The van der Waals surface area contributed by atoms with Gasteiger partial charge in [-0.25, -0.2) is 4.31 Å². The molecular weight excluding hydrogens is 476 g/mol. The molecule has 0 aromatic heterocycles. The summed E-state index contributed by atoms with van der Waals surface area (Å²) in [5, 5.41) is 7.60. The SMILES string of the molecule is CC.COC(=O)CNC(=O)CNC(=O)CN(SC)C1CCN(C(C)c2cccc3ccccc23)CC1. The van der Waals surface area contributed by atoms with Crippen molar-refractivity contribution in [1.29, 1.82) is 0 Å². The zero-order valence-electron chi connectivity index (χ0n) is 22.1. The quantitative estimate of drug-likeness (QED) is 0.370. The normalized spacial score (nSPS) is 15.1. The molecule has 198 valence electrons. The minimum Gasteiger partial charge on any atom is -0.468 e. The summed E-state index contributed by atoms with van der Waals surface area (Å²) in [4.78, 5) is 37.7. The standard InChI is InChI=1S/C25H34N4O4S.C2H6/c1-18(21-10-6-8-19-7-4-5-9-22(19)21)28-13-11-20(12-14-28)29(34-3)17-24(31)26-15-23(30)27-16-25(32)33-2;1-2/h4-10,18,20H,11-17H2,1-3H3,(H,26,31)(H,27,30);1-2H3. The van der Waals surface area contributed by atoms with E-state index in [1.165, 1.54) is 23.4 Å². The minimum absolute atomic E-state index is 0.168. The Morgan fingerprint density at radius 3 is 2.33 bits per heavy atom. The third-order valence-electron chi connectivity index (χ3n) is 6.37. The molecule has 2 N–H and O–H groups in total. The van der Waals surface area contributed by atoms with Crippen molar-refractivity contribution in [3.05, 3.63) is 48.0 Å². The molecule has 1 unspecified atom stereocenters. The van der Waals surface area contributed by atoms with Gasteiger partial charge in [0, 0.05) is 25.2 Å². The van der Waals surface area contributed by atoms with Crippen LogP contribution in [0.5, 0.6) is 0 Å². The van der Waals surface area contributed by atoms with Crippen LogP contribution in [0.4, 0.5) is 0 Å². The van der Waals surface area contributed by atoms with Gasteiger partial charge in [0.2, 0.25) is 11.8 Å². The molecular formula is C27H40N4O4S. The summed E-state index contributed by atoms with van der Waals surface area (Å²) < 4.78 is 6.57. The lowest BCUT2D eigenvalue weighted by Gasteiger charge is -2.40. The van der Waals surface area contributed by atoms with Crippen LogP contribution in [-0.4, -0.2) is 79.1 Å². The first kappa shape index (κ1) is 29.6. The number of methoxy groups -OCH3 is 1. The summed E-state index contributed by atoms with van der Waals surface area (Å²) in [7, 11) is 1.25. The number of rotatable bonds is 10. The van der Waals surface area contributed by atoms with Crippen LogP contribution in [-0.2, 0) is 19.1 Å². The lowest BCUT2D eigenvalue weighted by atomic mass is 9.96. The first-order chi connectivity index (χ1) is 17.4. The Morgan fingerprint density at radius 2 is 1.67 bits per heavy atom. The van der Waals surface area contributed by atoms with Gasteiger partial charge in [0.15, 0.2) is 0 Å². The Labute approximate surface area is 219 Å². The third-order valence-corrected chi connectivity index (χ3v) is 7.26. The van der Waals surface area contributed by atoms with Gasteiger partial charge < -0.3 is 15.4 Å². The Bertz CT molecular complexity index is 989. The summed E-state index contributed by atoms with van der Waals surface area (Å²) in [6, 6.07) is 15.6. The van der Waals surface area contributed by atoms with E-state index in [0.717, 1.165) is 25.9 Å². The van der Waals surface area contributed by atoms with E-state index in [9.17, 15) is 14.4 Å². The van der Waals surface area contributed by atoms with Crippen molar-refractivity contribution in [2.75, 3.05) is 46.1 Å². The van der Waals surface area contributed by atoms with Crippen LogP contribution in [0.3, 0.4) is 0 Å². The number of amides is 2. The molecule has 2 aromatic rings. The van der Waals surface area contributed by atoms with Crippen molar-refractivity contribution in [3.63, 3.8) is 0 Å². The second-order valence-electron chi connectivity index (χ2n) is 8.40. The van der Waals surface area contributed by atoms with Gasteiger partial charge in [-0.05, 0) is 42.4 Å². The maximum atomic E-state index is 12.4. The largest absolute Gasteiger partial charge is 0.468 e. The van der Waals surface area contributed by atoms with Gasteiger partial charge in [0.05, 0.1) is 20.2 Å². The molecule has 3 rings (SSSR count). The average Bonchev–Trinajstić information content (AvgIpc) is 2.93. The number of piperidine rings is 1. The lowest BCUT2D eigenvalue weighted by molar-refractivity contribution is -0.141. The molecule has 0 bridgehead atoms. The van der Waals surface area contributed by atoms with E-state index in [0.29, 0.717) is 12.1 Å². The summed E-state index contributed by atoms with van der Waals surface area (Å²) in [5.41, 5.74) is 1.35. The van der Waals surface area contributed by atoms with Crippen molar-refractivity contribution in [2.45, 2.75) is 45.7 Å². The molecule has 1 fully saturated rings. The Hall–Kier alpha value is -2.62. The van der Waals surface area contributed by atoms with Gasteiger partial charge in [-0.15, -0.1) is 0 Å².